The SMILES string of the molecule is C1=CC=CN(CCCNCc2cccc3ccccc23)C=C1. The van der Waals surface area contributed by atoms with Gasteiger partial charge >= 0.3 is 0 Å². The summed E-state index contributed by atoms with van der Waals surface area (Å²) in [4.78, 5) is 2.22. The summed E-state index contributed by atoms with van der Waals surface area (Å²) in [5.74, 6) is 0. The van der Waals surface area contributed by atoms with Gasteiger partial charge in [-0.2, -0.15) is 0 Å². The van der Waals surface area contributed by atoms with Crippen LogP contribution in [0.3, 0.4) is 0 Å². The zero-order valence-electron chi connectivity index (χ0n) is 12.8. The smallest absolute Gasteiger partial charge is 0.0231 e. The third-order valence-corrected chi connectivity index (χ3v) is 3.85. The van der Waals surface area contributed by atoms with Gasteiger partial charge in [0.25, 0.3) is 0 Å². The molecule has 1 heterocycles. The van der Waals surface area contributed by atoms with Crippen LogP contribution in [0, 0.1) is 0 Å². The molecule has 0 spiro atoms. The lowest BCUT2D eigenvalue weighted by molar-refractivity contribution is 0.475. The van der Waals surface area contributed by atoms with Crippen molar-refractivity contribution in [1.82, 2.24) is 10.2 Å². The van der Waals surface area contributed by atoms with Gasteiger partial charge in [0, 0.05) is 25.5 Å². The second-order valence-electron chi connectivity index (χ2n) is 5.47. The number of fused-ring (bicyclic) bond motifs is 1. The molecule has 1 aliphatic heterocycles. The Morgan fingerprint density at radius 3 is 2.45 bits per heavy atom. The van der Waals surface area contributed by atoms with Gasteiger partial charge in [0.2, 0.25) is 0 Å². The fourth-order valence-electron chi connectivity index (χ4n) is 2.70. The lowest BCUT2D eigenvalue weighted by Gasteiger charge is -2.15. The van der Waals surface area contributed by atoms with Crippen molar-refractivity contribution in [1.29, 1.82) is 0 Å². The van der Waals surface area contributed by atoms with Crippen molar-refractivity contribution in [3.05, 3.63) is 84.7 Å². The molecular weight excluding hydrogens is 268 g/mol. The zero-order chi connectivity index (χ0) is 15.0. The van der Waals surface area contributed by atoms with Crippen LogP contribution in [0.5, 0.6) is 0 Å². The van der Waals surface area contributed by atoms with Crippen LogP contribution in [-0.4, -0.2) is 18.0 Å². The van der Waals surface area contributed by atoms with Gasteiger partial charge < -0.3 is 10.2 Å². The molecule has 0 fully saturated rings. The van der Waals surface area contributed by atoms with E-state index < -0.39 is 0 Å². The number of nitrogens with one attached hydrogen (secondary N) is 1. The van der Waals surface area contributed by atoms with Crippen LogP contribution in [0.2, 0.25) is 0 Å². The first kappa shape index (κ1) is 14.6. The minimum atomic E-state index is 0.925. The molecule has 0 aliphatic carbocycles. The molecule has 1 N–H and O–H groups in total. The van der Waals surface area contributed by atoms with E-state index in [2.05, 4.69) is 89.4 Å². The first-order valence-electron chi connectivity index (χ1n) is 7.88. The van der Waals surface area contributed by atoms with E-state index in [1.807, 2.05) is 0 Å². The molecule has 1 aliphatic rings. The Morgan fingerprint density at radius 1 is 0.818 bits per heavy atom. The lowest BCUT2D eigenvalue weighted by Crippen LogP contribution is -2.20. The van der Waals surface area contributed by atoms with Gasteiger partial charge in [-0.05, 0) is 41.5 Å². The molecule has 3 rings (SSSR count). The third kappa shape index (κ3) is 3.86. The van der Waals surface area contributed by atoms with Gasteiger partial charge in [-0.3, -0.25) is 0 Å². The summed E-state index contributed by atoms with van der Waals surface area (Å²) >= 11 is 0. The molecule has 0 saturated heterocycles. The number of rotatable bonds is 6. The van der Waals surface area contributed by atoms with Gasteiger partial charge in [0.1, 0.15) is 0 Å². The average Bonchev–Trinajstić information content (AvgIpc) is 2.83. The maximum Gasteiger partial charge on any atom is 0.0231 e. The highest BCUT2D eigenvalue weighted by Gasteiger charge is 2.00. The van der Waals surface area contributed by atoms with E-state index in [9.17, 15) is 0 Å². The number of benzene rings is 2. The number of nitrogens with zero attached hydrogens (tertiary/aromatic N) is 1. The molecular formula is C20H22N2. The lowest BCUT2D eigenvalue weighted by atomic mass is 10.0. The van der Waals surface area contributed by atoms with Gasteiger partial charge in [-0.15, -0.1) is 0 Å². The molecule has 0 amide bonds. The summed E-state index contributed by atoms with van der Waals surface area (Å²) < 4.78 is 0. The molecule has 2 nitrogen and oxygen atoms in total. The summed E-state index contributed by atoms with van der Waals surface area (Å²) in [5, 5.41) is 6.22. The van der Waals surface area contributed by atoms with E-state index in [0.717, 1.165) is 26.1 Å². The second-order valence-corrected chi connectivity index (χ2v) is 5.47. The molecule has 0 radical (unpaired) electrons. The zero-order valence-corrected chi connectivity index (χ0v) is 12.8. The van der Waals surface area contributed by atoms with Gasteiger partial charge in [-0.1, -0.05) is 54.6 Å². The summed E-state index contributed by atoms with van der Waals surface area (Å²) in [5.41, 5.74) is 1.37. The van der Waals surface area contributed by atoms with Crippen LogP contribution in [0.4, 0.5) is 0 Å². The van der Waals surface area contributed by atoms with E-state index in [1.54, 1.807) is 0 Å². The summed E-state index contributed by atoms with van der Waals surface area (Å²) in [6.07, 6.45) is 13.6. The van der Waals surface area contributed by atoms with Gasteiger partial charge in [0.15, 0.2) is 0 Å². The largest absolute Gasteiger partial charge is 0.354 e. The Balaban J connectivity index is 1.47. The average molecular weight is 290 g/mol. The number of hydrogen-bond acceptors (Lipinski definition) is 2. The highest BCUT2D eigenvalue weighted by Crippen LogP contribution is 2.18. The van der Waals surface area contributed by atoms with Crippen LogP contribution in [-0.2, 0) is 6.54 Å². The standard InChI is InChI=1S/C20H22N2/c1-2-6-15-22(14-5-1)16-8-13-21-17-19-11-7-10-18-9-3-4-12-20(18)19/h1-7,9-12,14-15,21H,8,13,16-17H2. The quantitative estimate of drug-likeness (QED) is 0.801. The summed E-state index contributed by atoms with van der Waals surface area (Å²) in [7, 11) is 0. The molecule has 0 bridgehead atoms. The van der Waals surface area contributed by atoms with E-state index in [1.165, 1.54) is 16.3 Å². The van der Waals surface area contributed by atoms with Crippen LogP contribution < -0.4 is 5.32 Å². The first-order chi connectivity index (χ1) is 10.9. The maximum atomic E-state index is 3.56. The van der Waals surface area contributed by atoms with Crippen LogP contribution in [0.25, 0.3) is 10.8 Å². The number of hydrogen-bond donors (Lipinski definition) is 1. The van der Waals surface area contributed by atoms with E-state index in [4.69, 9.17) is 0 Å². The Morgan fingerprint density at radius 2 is 1.59 bits per heavy atom. The highest BCUT2D eigenvalue weighted by molar-refractivity contribution is 5.85. The predicted octanol–water partition coefficient (Wildman–Crippen LogP) is 4.22. The minimum Gasteiger partial charge on any atom is -0.354 e. The molecule has 112 valence electrons. The summed E-state index contributed by atoms with van der Waals surface area (Å²) in [6, 6.07) is 15.1. The molecule has 0 unspecified atom stereocenters. The van der Waals surface area contributed by atoms with E-state index in [-0.39, 0.29) is 0 Å². The van der Waals surface area contributed by atoms with Crippen LogP contribution >= 0.6 is 0 Å². The number of allylic oxidation sites excluding steroid dienone is 4. The fraction of sp³-hybridized carbons (Fsp3) is 0.200. The van der Waals surface area contributed by atoms with Crippen LogP contribution in [0.1, 0.15) is 12.0 Å². The fourth-order valence-corrected chi connectivity index (χ4v) is 2.70. The monoisotopic (exact) mass is 290 g/mol. The van der Waals surface area contributed by atoms with Crippen LogP contribution in [0.15, 0.2) is 79.2 Å². The molecule has 0 aromatic heterocycles. The second kappa shape index (κ2) is 7.62. The molecule has 2 aromatic carbocycles. The van der Waals surface area contributed by atoms with Crippen molar-refractivity contribution in [2.24, 2.45) is 0 Å². The van der Waals surface area contributed by atoms with Crippen molar-refractivity contribution >= 4 is 10.8 Å². The van der Waals surface area contributed by atoms with Crippen molar-refractivity contribution in [3.8, 4) is 0 Å². The van der Waals surface area contributed by atoms with E-state index in [0.29, 0.717) is 0 Å². The molecule has 2 aromatic rings. The Hall–Kier alpha value is -2.32. The normalized spacial score (nSPS) is 13.7. The molecule has 22 heavy (non-hydrogen) atoms. The van der Waals surface area contributed by atoms with Gasteiger partial charge in [0.05, 0.1) is 0 Å². The first-order valence-corrected chi connectivity index (χ1v) is 7.88. The van der Waals surface area contributed by atoms with Crippen molar-refractivity contribution in [3.63, 3.8) is 0 Å². The Labute approximate surface area is 132 Å². The minimum absolute atomic E-state index is 0.925. The maximum absolute atomic E-state index is 3.56. The van der Waals surface area contributed by atoms with Gasteiger partial charge in [-0.25, -0.2) is 0 Å². The molecule has 0 saturated carbocycles. The van der Waals surface area contributed by atoms with Crippen molar-refractivity contribution < 1.29 is 0 Å². The van der Waals surface area contributed by atoms with E-state index >= 15 is 0 Å². The van der Waals surface area contributed by atoms with Crippen molar-refractivity contribution in [2.45, 2.75) is 13.0 Å². The predicted molar refractivity (Wildman–Crippen MR) is 94.4 cm³/mol. The Kier molecular flexibility index (Phi) is 5.06. The Bertz CT molecular complexity index is 676. The third-order valence-electron chi connectivity index (χ3n) is 3.85. The topological polar surface area (TPSA) is 15.3 Å². The summed E-state index contributed by atoms with van der Waals surface area (Å²) in [6.45, 7) is 2.99. The molecule has 0 atom stereocenters. The van der Waals surface area contributed by atoms with Crippen molar-refractivity contribution in [2.75, 3.05) is 13.1 Å². The molecule has 2 heteroatoms. The highest BCUT2D eigenvalue weighted by atomic mass is 15.1.